The van der Waals surface area contributed by atoms with E-state index in [-0.39, 0.29) is 5.56 Å². The van der Waals surface area contributed by atoms with Gasteiger partial charge in [0.1, 0.15) is 5.69 Å². The number of para-hydroxylation sites is 1. The molecule has 0 aliphatic carbocycles. The second kappa shape index (κ2) is 6.12. The Hall–Kier alpha value is -2.77. The minimum atomic E-state index is -2.90. The fourth-order valence-electron chi connectivity index (χ4n) is 1.70. The lowest BCUT2D eigenvalue weighted by molar-refractivity contribution is 0.0952. The zero-order chi connectivity index (χ0) is 15.4. The lowest BCUT2D eigenvalue weighted by atomic mass is 10.2. The Morgan fingerprint density at radius 1 is 1.24 bits per heavy atom. The van der Waals surface area contributed by atoms with Crippen molar-refractivity contribution in [3.05, 3.63) is 47.8 Å². The van der Waals surface area contributed by atoms with E-state index in [9.17, 15) is 18.4 Å². The fraction of sp³-hybridized carbons (Fsp3) is 0.154. The van der Waals surface area contributed by atoms with Gasteiger partial charge in [0, 0.05) is 18.9 Å². The summed E-state index contributed by atoms with van der Waals surface area (Å²) in [7, 11) is 1.41. The molecule has 0 aliphatic heterocycles. The average molecular weight is 294 g/mol. The maximum atomic E-state index is 12.7. The molecule has 2 N–H and O–H groups in total. The van der Waals surface area contributed by atoms with E-state index in [1.165, 1.54) is 7.05 Å². The van der Waals surface area contributed by atoms with E-state index in [2.05, 4.69) is 10.4 Å². The van der Waals surface area contributed by atoms with Crippen LogP contribution >= 0.6 is 0 Å². The van der Waals surface area contributed by atoms with Gasteiger partial charge in [-0.2, -0.15) is 5.10 Å². The highest BCUT2D eigenvalue weighted by molar-refractivity contribution is 6.08. The van der Waals surface area contributed by atoms with Crippen molar-refractivity contribution in [3.63, 3.8) is 0 Å². The molecule has 8 heteroatoms. The number of urea groups is 1. The van der Waals surface area contributed by atoms with E-state index in [0.717, 1.165) is 10.9 Å². The van der Waals surface area contributed by atoms with Crippen molar-refractivity contribution in [1.82, 2.24) is 15.1 Å². The van der Waals surface area contributed by atoms with Crippen LogP contribution in [0.2, 0.25) is 0 Å². The first-order chi connectivity index (χ1) is 9.97. The molecular formula is C13H12F2N4O2. The van der Waals surface area contributed by atoms with E-state index in [1.807, 2.05) is 5.32 Å². The van der Waals surface area contributed by atoms with Crippen LogP contribution in [0.1, 0.15) is 22.5 Å². The monoisotopic (exact) mass is 294 g/mol. The van der Waals surface area contributed by atoms with Gasteiger partial charge in [-0.25, -0.2) is 13.6 Å². The Bertz CT molecular complexity index is 655. The standard InChI is InChI=1S/C13H12F2N4O2/c1-19-7-9(10(18-19)11(14)15)12(20)17-13(21)16-8-5-3-2-4-6-8/h2-7,11H,1H3,(H2,16,17,20,21). The number of hydrogen-bond acceptors (Lipinski definition) is 3. The second-order valence-corrected chi connectivity index (χ2v) is 4.18. The number of nitrogens with zero attached hydrogens (tertiary/aromatic N) is 2. The number of amides is 3. The summed E-state index contributed by atoms with van der Waals surface area (Å²) in [5.41, 5.74) is -0.527. The topological polar surface area (TPSA) is 76.0 Å². The van der Waals surface area contributed by atoms with E-state index in [1.54, 1.807) is 30.3 Å². The molecule has 0 bridgehead atoms. The van der Waals surface area contributed by atoms with Gasteiger partial charge in [0.2, 0.25) is 0 Å². The highest BCUT2D eigenvalue weighted by Crippen LogP contribution is 2.20. The average Bonchev–Trinajstić information content (AvgIpc) is 2.82. The van der Waals surface area contributed by atoms with E-state index < -0.39 is 24.1 Å². The first kappa shape index (κ1) is 14.6. The minimum absolute atomic E-state index is 0.337. The van der Waals surface area contributed by atoms with Gasteiger partial charge in [-0.05, 0) is 12.1 Å². The quantitative estimate of drug-likeness (QED) is 0.912. The fourth-order valence-corrected chi connectivity index (χ4v) is 1.70. The van der Waals surface area contributed by atoms with Crippen molar-refractivity contribution in [1.29, 1.82) is 0 Å². The normalized spacial score (nSPS) is 10.5. The van der Waals surface area contributed by atoms with Gasteiger partial charge in [0.05, 0.1) is 5.56 Å². The smallest absolute Gasteiger partial charge is 0.308 e. The highest BCUT2D eigenvalue weighted by atomic mass is 19.3. The zero-order valence-corrected chi connectivity index (χ0v) is 11.0. The molecule has 3 amide bonds. The van der Waals surface area contributed by atoms with Crippen molar-refractivity contribution in [2.45, 2.75) is 6.43 Å². The number of carbonyl (C=O) groups excluding carboxylic acids is 2. The molecule has 0 fully saturated rings. The molecule has 110 valence electrons. The van der Waals surface area contributed by atoms with Crippen LogP contribution in [0, 0.1) is 0 Å². The summed E-state index contributed by atoms with van der Waals surface area (Å²) in [6, 6.07) is 7.60. The number of nitrogens with one attached hydrogen (secondary N) is 2. The molecule has 0 saturated heterocycles. The molecule has 1 aromatic heterocycles. The lowest BCUT2D eigenvalue weighted by Crippen LogP contribution is -2.34. The molecule has 0 unspecified atom stereocenters. The van der Waals surface area contributed by atoms with Crippen molar-refractivity contribution in [2.24, 2.45) is 7.05 Å². The number of alkyl halides is 2. The third-order valence-corrected chi connectivity index (χ3v) is 2.57. The number of anilines is 1. The number of aromatic nitrogens is 2. The summed E-state index contributed by atoms with van der Waals surface area (Å²) in [6.07, 6.45) is -1.77. The van der Waals surface area contributed by atoms with Crippen LogP contribution in [0.4, 0.5) is 19.3 Å². The maximum Gasteiger partial charge on any atom is 0.326 e. The van der Waals surface area contributed by atoms with Crippen LogP contribution in [0.5, 0.6) is 0 Å². The van der Waals surface area contributed by atoms with Crippen LogP contribution in [0.15, 0.2) is 36.5 Å². The van der Waals surface area contributed by atoms with Gasteiger partial charge in [-0.3, -0.25) is 14.8 Å². The summed E-state index contributed by atoms with van der Waals surface area (Å²) in [4.78, 5) is 23.5. The Labute approximate surface area is 118 Å². The van der Waals surface area contributed by atoms with E-state index in [0.29, 0.717) is 5.69 Å². The van der Waals surface area contributed by atoms with Gasteiger partial charge >= 0.3 is 6.03 Å². The van der Waals surface area contributed by atoms with Crippen molar-refractivity contribution in [2.75, 3.05) is 5.32 Å². The summed E-state index contributed by atoms with van der Waals surface area (Å²) in [6.45, 7) is 0. The summed E-state index contributed by atoms with van der Waals surface area (Å²) < 4.78 is 26.5. The SMILES string of the molecule is Cn1cc(C(=O)NC(=O)Nc2ccccc2)c(C(F)F)n1. The molecule has 0 radical (unpaired) electrons. The number of aryl methyl sites for hydroxylation is 1. The zero-order valence-electron chi connectivity index (χ0n) is 11.0. The van der Waals surface area contributed by atoms with Gasteiger partial charge in [-0.15, -0.1) is 0 Å². The predicted molar refractivity (Wildman–Crippen MR) is 71.1 cm³/mol. The van der Waals surface area contributed by atoms with Crippen LogP contribution in [-0.2, 0) is 7.05 Å². The number of halogens is 2. The molecule has 1 heterocycles. The largest absolute Gasteiger partial charge is 0.326 e. The number of imide groups is 1. The van der Waals surface area contributed by atoms with Crippen LogP contribution in [0.25, 0.3) is 0 Å². The summed E-state index contributed by atoms with van der Waals surface area (Å²) in [5.74, 6) is -0.938. The molecule has 0 spiro atoms. The molecule has 21 heavy (non-hydrogen) atoms. The minimum Gasteiger partial charge on any atom is -0.308 e. The van der Waals surface area contributed by atoms with Gasteiger partial charge < -0.3 is 5.32 Å². The number of hydrogen-bond donors (Lipinski definition) is 2. The molecular weight excluding hydrogens is 282 g/mol. The Morgan fingerprint density at radius 2 is 1.90 bits per heavy atom. The third kappa shape index (κ3) is 3.62. The number of rotatable bonds is 3. The molecule has 6 nitrogen and oxygen atoms in total. The van der Waals surface area contributed by atoms with Crippen molar-refractivity contribution < 1.29 is 18.4 Å². The predicted octanol–water partition coefficient (Wildman–Crippen LogP) is 2.32. The number of benzene rings is 1. The number of carbonyl (C=O) groups is 2. The maximum absolute atomic E-state index is 12.7. The van der Waals surface area contributed by atoms with Crippen LogP contribution in [-0.4, -0.2) is 21.7 Å². The molecule has 0 aliphatic rings. The summed E-state index contributed by atoms with van der Waals surface area (Å²) in [5, 5.41) is 7.89. The molecule has 2 rings (SSSR count). The van der Waals surface area contributed by atoms with Gasteiger partial charge in [0.25, 0.3) is 12.3 Å². The van der Waals surface area contributed by atoms with Gasteiger partial charge in [0.15, 0.2) is 0 Å². The Kier molecular flexibility index (Phi) is 4.27. The van der Waals surface area contributed by atoms with E-state index >= 15 is 0 Å². The van der Waals surface area contributed by atoms with E-state index in [4.69, 9.17) is 0 Å². The van der Waals surface area contributed by atoms with Crippen LogP contribution < -0.4 is 10.6 Å². The van der Waals surface area contributed by atoms with Crippen LogP contribution in [0.3, 0.4) is 0 Å². The first-order valence-electron chi connectivity index (χ1n) is 5.96. The molecule has 1 aromatic carbocycles. The summed E-state index contributed by atoms with van der Waals surface area (Å²) >= 11 is 0. The first-order valence-corrected chi connectivity index (χ1v) is 5.96. The molecule has 2 aromatic rings. The Morgan fingerprint density at radius 3 is 2.52 bits per heavy atom. The lowest BCUT2D eigenvalue weighted by Gasteiger charge is -2.06. The Balaban J connectivity index is 2.06. The van der Waals surface area contributed by atoms with Crippen molar-refractivity contribution in [3.8, 4) is 0 Å². The second-order valence-electron chi connectivity index (χ2n) is 4.18. The molecule has 0 atom stereocenters. The highest BCUT2D eigenvalue weighted by Gasteiger charge is 2.23. The third-order valence-electron chi connectivity index (χ3n) is 2.57. The van der Waals surface area contributed by atoms with Crippen molar-refractivity contribution >= 4 is 17.6 Å². The molecule has 0 saturated carbocycles. The van der Waals surface area contributed by atoms with Gasteiger partial charge in [-0.1, -0.05) is 18.2 Å².